The number of carbonyl (C=O) groups is 2. The van der Waals surface area contributed by atoms with E-state index in [4.69, 9.17) is 5.73 Å². The molecule has 6 heteroatoms. The number of rotatable bonds is 5. The highest BCUT2D eigenvalue weighted by atomic mass is 16.2. The van der Waals surface area contributed by atoms with Gasteiger partial charge in [0.05, 0.1) is 0 Å². The maximum atomic E-state index is 11.0. The van der Waals surface area contributed by atoms with E-state index in [1.165, 1.54) is 4.90 Å². The van der Waals surface area contributed by atoms with Gasteiger partial charge in [0, 0.05) is 40.2 Å². The Balaban J connectivity index is 3.38. The lowest BCUT2D eigenvalue weighted by Gasteiger charge is -2.11. The standard InChI is InChI=1S/C8H18N4O2/c1-12(2)8(14)11-6-5-10-7(13)3-4-9/h3-6,9H2,1-2H3,(H,10,13)(H,11,14). The molecule has 0 bridgehead atoms. The van der Waals surface area contributed by atoms with E-state index in [-0.39, 0.29) is 11.9 Å². The molecule has 82 valence electrons. The van der Waals surface area contributed by atoms with Gasteiger partial charge in [0.1, 0.15) is 0 Å². The highest BCUT2D eigenvalue weighted by Crippen LogP contribution is 1.76. The van der Waals surface area contributed by atoms with Crippen molar-refractivity contribution < 1.29 is 9.59 Å². The largest absolute Gasteiger partial charge is 0.354 e. The van der Waals surface area contributed by atoms with Gasteiger partial charge in [-0.25, -0.2) is 4.79 Å². The first-order valence-electron chi connectivity index (χ1n) is 4.50. The SMILES string of the molecule is CN(C)C(=O)NCCNC(=O)CCN. The number of nitrogens with two attached hydrogens (primary N) is 1. The Morgan fingerprint density at radius 2 is 1.79 bits per heavy atom. The zero-order chi connectivity index (χ0) is 11.0. The van der Waals surface area contributed by atoms with Crippen LogP contribution in [0.4, 0.5) is 4.79 Å². The third kappa shape index (κ3) is 6.24. The number of hydrogen-bond donors (Lipinski definition) is 3. The summed E-state index contributed by atoms with van der Waals surface area (Å²) in [7, 11) is 3.31. The van der Waals surface area contributed by atoms with Gasteiger partial charge in [-0.05, 0) is 0 Å². The average Bonchev–Trinajstić information content (AvgIpc) is 2.12. The normalized spacial score (nSPS) is 9.36. The molecule has 0 fully saturated rings. The molecular formula is C8H18N4O2. The fourth-order valence-electron chi connectivity index (χ4n) is 0.749. The zero-order valence-corrected chi connectivity index (χ0v) is 8.67. The minimum Gasteiger partial charge on any atom is -0.354 e. The minimum atomic E-state index is -0.168. The van der Waals surface area contributed by atoms with Gasteiger partial charge in [-0.2, -0.15) is 0 Å². The summed E-state index contributed by atoms with van der Waals surface area (Å²) in [6, 6.07) is -0.168. The van der Waals surface area contributed by atoms with Crippen molar-refractivity contribution in [3.63, 3.8) is 0 Å². The summed E-state index contributed by atoms with van der Waals surface area (Å²) < 4.78 is 0. The summed E-state index contributed by atoms with van der Waals surface area (Å²) in [5.74, 6) is -0.0911. The number of amides is 3. The highest BCUT2D eigenvalue weighted by molar-refractivity contribution is 5.76. The molecule has 4 N–H and O–H groups in total. The molecule has 0 aromatic heterocycles. The summed E-state index contributed by atoms with van der Waals surface area (Å²) >= 11 is 0. The monoisotopic (exact) mass is 202 g/mol. The third-order valence-corrected chi connectivity index (χ3v) is 1.50. The quantitative estimate of drug-likeness (QED) is 0.485. The molecule has 0 heterocycles. The number of carbonyl (C=O) groups excluding carboxylic acids is 2. The lowest BCUT2D eigenvalue weighted by atomic mass is 10.4. The van der Waals surface area contributed by atoms with Crippen LogP contribution in [-0.4, -0.2) is 50.6 Å². The molecule has 3 amide bonds. The molecule has 0 aromatic carbocycles. The Kier molecular flexibility index (Phi) is 6.47. The van der Waals surface area contributed by atoms with Crippen molar-refractivity contribution in [3.8, 4) is 0 Å². The van der Waals surface area contributed by atoms with Crippen molar-refractivity contribution >= 4 is 11.9 Å². The summed E-state index contributed by atoms with van der Waals surface area (Å²) in [6.07, 6.45) is 0.321. The molecule has 0 aliphatic heterocycles. The van der Waals surface area contributed by atoms with Crippen LogP contribution < -0.4 is 16.4 Å². The van der Waals surface area contributed by atoms with Gasteiger partial charge in [0.2, 0.25) is 5.91 Å². The smallest absolute Gasteiger partial charge is 0.316 e. The van der Waals surface area contributed by atoms with Crippen LogP contribution in [-0.2, 0) is 4.79 Å². The summed E-state index contributed by atoms with van der Waals surface area (Å²) in [5.41, 5.74) is 5.18. The van der Waals surface area contributed by atoms with Crippen LogP contribution in [0.2, 0.25) is 0 Å². The van der Waals surface area contributed by atoms with Crippen molar-refractivity contribution in [1.29, 1.82) is 0 Å². The van der Waals surface area contributed by atoms with E-state index in [0.717, 1.165) is 0 Å². The van der Waals surface area contributed by atoms with E-state index >= 15 is 0 Å². The van der Waals surface area contributed by atoms with Crippen LogP contribution in [0.25, 0.3) is 0 Å². The van der Waals surface area contributed by atoms with Gasteiger partial charge in [0.25, 0.3) is 0 Å². The first kappa shape index (κ1) is 12.7. The van der Waals surface area contributed by atoms with Gasteiger partial charge in [-0.3, -0.25) is 4.79 Å². The van der Waals surface area contributed by atoms with Crippen LogP contribution in [0.15, 0.2) is 0 Å². The summed E-state index contributed by atoms with van der Waals surface area (Å²) in [5, 5.41) is 5.25. The molecule has 0 aliphatic rings. The maximum Gasteiger partial charge on any atom is 0.316 e. The number of nitrogens with one attached hydrogen (secondary N) is 2. The average molecular weight is 202 g/mol. The van der Waals surface area contributed by atoms with E-state index in [1.807, 2.05) is 0 Å². The molecule has 0 aromatic rings. The van der Waals surface area contributed by atoms with Gasteiger partial charge in [-0.1, -0.05) is 0 Å². The van der Waals surface area contributed by atoms with Crippen molar-refractivity contribution in [1.82, 2.24) is 15.5 Å². The van der Waals surface area contributed by atoms with Gasteiger partial charge < -0.3 is 21.3 Å². The Hall–Kier alpha value is -1.30. The second-order valence-corrected chi connectivity index (χ2v) is 3.01. The van der Waals surface area contributed by atoms with E-state index in [2.05, 4.69) is 10.6 Å². The Morgan fingerprint density at radius 3 is 2.29 bits per heavy atom. The van der Waals surface area contributed by atoms with Gasteiger partial charge in [0.15, 0.2) is 0 Å². The number of hydrogen-bond acceptors (Lipinski definition) is 3. The molecule has 0 saturated carbocycles. The van der Waals surface area contributed by atoms with Crippen molar-refractivity contribution in [2.75, 3.05) is 33.7 Å². The summed E-state index contributed by atoms with van der Waals surface area (Å²) in [6.45, 7) is 1.20. The van der Waals surface area contributed by atoms with Crippen LogP contribution >= 0.6 is 0 Å². The fourth-order valence-corrected chi connectivity index (χ4v) is 0.749. The Bertz CT molecular complexity index is 194. The predicted octanol–water partition coefficient (Wildman–Crippen LogP) is -1.28. The topological polar surface area (TPSA) is 87.5 Å². The van der Waals surface area contributed by atoms with Crippen LogP contribution in [0, 0.1) is 0 Å². The molecule has 14 heavy (non-hydrogen) atoms. The van der Waals surface area contributed by atoms with E-state index < -0.39 is 0 Å². The Morgan fingerprint density at radius 1 is 1.21 bits per heavy atom. The summed E-state index contributed by atoms with van der Waals surface area (Å²) in [4.78, 5) is 23.3. The van der Waals surface area contributed by atoms with Crippen LogP contribution in [0.3, 0.4) is 0 Å². The number of urea groups is 1. The van der Waals surface area contributed by atoms with Crippen molar-refractivity contribution in [3.05, 3.63) is 0 Å². The third-order valence-electron chi connectivity index (χ3n) is 1.50. The Labute approximate surface area is 83.8 Å². The first-order valence-corrected chi connectivity index (χ1v) is 4.50. The molecule has 0 atom stereocenters. The first-order chi connectivity index (χ1) is 6.57. The van der Waals surface area contributed by atoms with Crippen molar-refractivity contribution in [2.45, 2.75) is 6.42 Å². The van der Waals surface area contributed by atoms with Crippen LogP contribution in [0.5, 0.6) is 0 Å². The van der Waals surface area contributed by atoms with Crippen molar-refractivity contribution in [2.24, 2.45) is 5.73 Å². The van der Waals surface area contributed by atoms with Crippen LogP contribution in [0.1, 0.15) is 6.42 Å². The number of nitrogens with zero attached hydrogens (tertiary/aromatic N) is 1. The molecule has 0 unspecified atom stereocenters. The lowest BCUT2D eigenvalue weighted by molar-refractivity contribution is -0.120. The maximum absolute atomic E-state index is 11.0. The highest BCUT2D eigenvalue weighted by Gasteiger charge is 2.01. The molecule has 0 rings (SSSR count). The van der Waals surface area contributed by atoms with Gasteiger partial charge >= 0.3 is 6.03 Å². The van der Waals surface area contributed by atoms with E-state index in [1.54, 1.807) is 14.1 Å². The zero-order valence-electron chi connectivity index (χ0n) is 8.67. The lowest BCUT2D eigenvalue weighted by Crippen LogP contribution is -2.39. The molecule has 0 radical (unpaired) electrons. The molecule has 0 saturated heterocycles. The van der Waals surface area contributed by atoms with Gasteiger partial charge in [-0.15, -0.1) is 0 Å². The second kappa shape index (κ2) is 7.14. The molecule has 0 spiro atoms. The van der Waals surface area contributed by atoms with E-state index in [0.29, 0.717) is 26.1 Å². The molecular weight excluding hydrogens is 184 g/mol. The molecule has 0 aliphatic carbocycles. The second-order valence-electron chi connectivity index (χ2n) is 3.01. The van der Waals surface area contributed by atoms with E-state index in [9.17, 15) is 9.59 Å². The molecule has 6 nitrogen and oxygen atoms in total. The fraction of sp³-hybridized carbons (Fsp3) is 0.750. The predicted molar refractivity (Wildman–Crippen MR) is 53.8 cm³/mol. The minimum absolute atomic E-state index is 0.0911.